The lowest BCUT2D eigenvalue weighted by molar-refractivity contribution is -0.115. The Morgan fingerprint density at radius 2 is 2.18 bits per heavy atom. The number of hydrogen-bond acceptors (Lipinski definition) is 4. The first kappa shape index (κ1) is 11.9. The molecule has 0 spiro atoms. The van der Waals surface area contributed by atoms with Crippen LogP contribution in [0.4, 0.5) is 8.78 Å². The van der Waals surface area contributed by atoms with Crippen molar-refractivity contribution >= 4 is 23.1 Å². The predicted octanol–water partition coefficient (Wildman–Crippen LogP) is 2.23. The molecule has 1 aliphatic heterocycles. The van der Waals surface area contributed by atoms with Gasteiger partial charge in [0.05, 0.1) is 5.57 Å². The van der Waals surface area contributed by atoms with Gasteiger partial charge in [0.1, 0.15) is 0 Å². The summed E-state index contributed by atoms with van der Waals surface area (Å²) in [6.45, 7) is -0.0899. The average molecular weight is 257 g/mol. The fourth-order valence-electron chi connectivity index (χ4n) is 1.56. The highest BCUT2D eigenvalue weighted by atomic mass is 32.2. The molecule has 2 N–H and O–H groups in total. The summed E-state index contributed by atoms with van der Waals surface area (Å²) in [7, 11) is 0. The summed E-state index contributed by atoms with van der Waals surface area (Å²) in [5.41, 5.74) is 6.31. The zero-order valence-electron chi connectivity index (χ0n) is 8.65. The van der Waals surface area contributed by atoms with Gasteiger partial charge in [-0.25, -0.2) is 0 Å². The number of Topliss-reactive ketones (excluding diaryl/α,β-unsaturated/α-hetero) is 1. The van der Waals surface area contributed by atoms with Gasteiger partial charge in [-0.05, 0) is 17.7 Å². The van der Waals surface area contributed by atoms with Gasteiger partial charge in [0, 0.05) is 4.90 Å². The van der Waals surface area contributed by atoms with E-state index in [9.17, 15) is 13.6 Å². The normalized spacial score (nSPS) is 15.6. The number of rotatable bonds is 3. The maximum absolute atomic E-state index is 12.2. The van der Waals surface area contributed by atoms with Gasteiger partial charge in [-0.2, -0.15) is 8.78 Å². The van der Waals surface area contributed by atoms with Crippen LogP contribution in [-0.4, -0.2) is 18.1 Å². The fraction of sp³-hybridized carbons (Fsp3) is 0.182. The number of halogens is 2. The number of hydrogen-bond donors (Lipinski definition) is 1. The Morgan fingerprint density at radius 1 is 1.41 bits per heavy atom. The Labute approximate surface area is 101 Å². The largest absolute Gasteiger partial charge is 0.470 e. The molecular weight excluding hydrogens is 248 g/mol. The van der Waals surface area contributed by atoms with Gasteiger partial charge in [-0.3, -0.25) is 4.79 Å². The number of carbonyl (C=O) groups is 1. The van der Waals surface area contributed by atoms with E-state index in [4.69, 9.17) is 10.5 Å². The maximum Gasteiger partial charge on any atom is 0.288 e. The highest BCUT2D eigenvalue weighted by Gasteiger charge is 2.24. The minimum Gasteiger partial charge on any atom is -0.470 e. The van der Waals surface area contributed by atoms with Crippen LogP contribution in [-0.2, 0) is 9.53 Å². The van der Waals surface area contributed by atoms with Crippen molar-refractivity contribution in [2.75, 3.05) is 6.61 Å². The monoisotopic (exact) mass is 257 g/mol. The van der Waals surface area contributed by atoms with Crippen LogP contribution in [0.2, 0.25) is 0 Å². The molecule has 6 heteroatoms. The van der Waals surface area contributed by atoms with E-state index in [1.807, 2.05) is 0 Å². The Hall–Kier alpha value is -1.56. The second-order valence-corrected chi connectivity index (χ2v) is 4.42. The van der Waals surface area contributed by atoms with Crippen LogP contribution in [0.5, 0.6) is 0 Å². The Morgan fingerprint density at radius 3 is 2.76 bits per heavy atom. The summed E-state index contributed by atoms with van der Waals surface area (Å²) < 4.78 is 29.3. The third-order valence-electron chi connectivity index (χ3n) is 2.23. The summed E-state index contributed by atoms with van der Waals surface area (Å²) in [5, 5.41) is 0. The molecular formula is C11H9F2NO2S. The molecule has 90 valence electrons. The molecule has 0 aliphatic carbocycles. The first-order valence-corrected chi connectivity index (χ1v) is 5.67. The van der Waals surface area contributed by atoms with E-state index < -0.39 is 5.76 Å². The van der Waals surface area contributed by atoms with Gasteiger partial charge in [0.25, 0.3) is 5.76 Å². The summed E-state index contributed by atoms with van der Waals surface area (Å²) in [6.07, 6.45) is 0. The molecule has 0 saturated carbocycles. The van der Waals surface area contributed by atoms with Crippen LogP contribution in [0, 0.1) is 0 Å². The molecule has 17 heavy (non-hydrogen) atoms. The molecule has 0 unspecified atom stereocenters. The average Bonchev–Trinajstić information content (AvgIpc) is 2.58. The van der Waals surface area contributed by atoms with E-state index in [0.717, 1.165) is 0 Å². The molecule has 0 amide bonds. The van der Waals surface area contributed by atoms with Crippen molar-refractivity contribution in [3.05, 3.63) is 35.7 Å². The van der Waals surface area contributed by atoms with Crippen LogP contribution < -0.4 is 5.73 Å². The number of ketones is 1. The predicted molar refractivity (Wildman–Crippen MR) is 60.4 cm³/mol. The van der Waals surface area contributed by atoms with Crippen molar-refractivity contribution in [2.45, 2.75) is 10.7 Å². The second-order valence-electron chi connectivity index (χ2n) is 3.36. The molecule has 2 rings (SSSR count). The lowest BCUT2D eigenvalue weighted by Gasteiger charge is -2.04. The summed E-state index contributed by atoms with van der Waals surface area (Å²) >= 11 is 0.425. The molecule has 0 saturated heterocycles. The van der Waals surface area contributed by atoms with Crippen molar-refractivity contribution in [3.8, 4) is 0 Å². The van der Waals surface area contributed by atoms with Crippen LogP contribution in [0.3, 0.4) is 0 Å². The first-order chi connectivity index (χ1) is 8.08. The Bertz CT molecular complexity index is 488. The fourth-order valence-corrected chi connectivity index (χ4v) is 2.11. The maximum atomic E-state index is 12.2. The molecule has 0 bridgehead atoms. The smallest absolute Gasteiger partial charge is 0.288 e. The van der Waals surface area contributed by atoms with Crippen molar-refractivity contribution in [3.63, 3.8) is 0 Å². The molecule has 0 aromatic heterocycles. The van der Waals surface area contributed by atoms with Crippen molar-refractivity contribution in [1.82, 2.24) is 0 Å². The zero-order valence-corrected chi connectivity index (χ0v) is 9.47. The van der Waals surface area contributed by atoms with E-state index in [2.05, 4.69) is 0 Å². The van der Waals surface area contributed by atoms with Gasteiger partial charge in [-0.15, -0.1) is 0 Å². The van der Waals surface area contributed by atoms with Gasteiger partial charge in [0.2, 0.25) is 5.78 Å². The number of nitrogens with two attached hydrogens (primary N) is 1. The number of carbonyl (C=O) groups excluding carboxylic acids is 1. The third-order valence-corrected chi connectivity index (χ3v) is 2.94. The molecule has 1 aromatic rings. The van der Waals surface area contributed by atoms with Gasteiger partial charge < -0.3 is 10.5 Å². The lowest BCUT2D eigenvalue weighted by Crippen LogP contribution is -2.01. The van der Waals surface area contributed by atoms with E-state index in [0.29, 0.717) is 22.2 Å². The molecule has 1 aliphatic rings. The molecule has 0 fully saturated rings. The van der Waals surface area contributed by atoms with E-state index in [1.165, 1.54) is 6.07 Å². The minimum absolute atomic E-state index is 0.0502. The van der Waals surface area contributed by atoms with Crippen molar-refractivity contribution in [1.29, 1.82) is 0 Å². The summed E-state index contributed by atoms with van der Waals surface area (Å²) in [5.74, 6) is -2.68. The molecule has 0 atom stereocenters. The zero-order chi connectivity index (χ0) is 12.4. The van der Waals surface area contributed by atoms with E-state index in [-0.39, 0.29) is 23.8 Å². The SMILES string of the molecule is NC1=C(c2cccc(SC(F)F)c2)C(=O)CO1. The first-order valence-electron chi connectivity index (χ1n) is 4.79. The molecule has 0 radical (unpaired) electrons. The number of thioether (sulfide) groups is 1. The summed E-state index contributed by atoms with van der Waals surface area (Å²) in [4.78, 5) is 11.9. The van der Waals surface area contributed by atoms with Gasteiger partial charge in [0.15, 0.2) is 12.5 Å². The third kappa shape index (κ3) is 2.58. The quantitative estimate of drug-likeness (QED) is 0.844. The number of benzene rings is 1. The minimum atomic E-state index is -2.49. The lowest BCUT2D eigenvalue weighted by atomic mass is 10.0. The highest BCUT2D eigenvalue weighted by molar-refractivity contribution is 7.99. The Balaban J connectivity index is 2.33. The van der Waals surface area contributed by atoms with Crippen LogP contribution >= 0.6 is 11.8 Å². The highest BCUT2D eigenvalue weighted by Crippen LogP contribution is 2.30. The van der Waals surface area contributed by atoms with E-state index in [1.54, 1.807) is 18.2 Å². The van der Waals surface area contributed by atoms with Gasteiger partial charge >= 0.3 is 0 Å². The number of alkyl halides is 2. The van der Waals surface area contributed by atoms with Crippen LogP contribution in [0.15, 0.2) is 35.0 Å². The molecule has 1 aromatic carbocycles. The van der Waals surface area contributed by atoms with Gasteiger partial charge in [-0.1, -0.05) is 23.9 Å². The topological polar surface area (TPSA) is 52.3 Å². The van der Waals surface area contributed by atoms with Crippen molar-refractivity contribution in [2.24, 2.45) is 5.73 Å². The van der Waals surface area contributed by atoms with Crippen LogP contribution in [0.25, 0.3) is 5.57 Å². The summed E-state index contributed by atoms with van der Waals surface area (Å²) in [6, 6.07) is 6.30. The molecule has 1 heterocycles. The van der Waals surface area contributed by atoms with E-state index >= 15 is 0 Å². The molecule has 3 nitrogen and oxygen atoms in total. The second kappa shape index (κ2) is 4.75. The van der Waals surface area contributed by atoms with Crippen molar-refractivity contribution < 1.29 is 18.3 Å². The Kier molecular flexibility index (Phi) is 3.33. The standard InChI is InChI=1S/C11H9F2NO2S/c12-11(13)17-7-3-1-2-6(4-7)9-8(15)5-16-10(9)14/h1-4,11H,5,14H2. The number of ether oxygens (including phenoxy) is 1. The van der Waals surface area contributed by atoms with Crippen LogP contribution in [0.1, 0.15) is 5.56 Å².